The van der Waals surface area contributed by atoms with Crippen molar-refractivity contribution in [2.24, 2.45) is 11.8 Å². The molecule has 2 aromatic rings. The normalized spacial score (nSPS) is 21.0. The van der Waals surface area contributed by atoms with Crippen molar-refractivity contribution < 1.29 is 9.21 Å². The van der Waals surface area contributed by atoms with Crippen LogP contribution in [0.2, 0.25) is 5.02 Å². The first-order chi connectivity index (χ1) is 11.5. The molecule has 0 spiro atoms. The zero-order valence-corrected chi connectivity index (χ0v) is 15.3. The summed E-state index contributed by atoms with van der Waals surface area (Å²) in [4.78, 5) is 14.3. The van der Waals surface area contributed by atoms with Gasteiger partial charge in [0.15, 0.2) is 0 Å². The van der Waals surface area contributed by atoms with Crippen molar-refractivity contribution >= 4 is 29.3 Å². The van der Waals surface area contributed by atoms with E-state index in [0.717, 1.165) is 13.1 Å². The number of halogens is 1. The smallest absolute Gasteiger partial charge is 0.277 e. The molecule has 7 heteroatoms. The number of hydrogen-bond donors (Lipinski definition) is 0. The summed E-state index contributed by atoms with van der Waals surface area (Å²) >= 11 is 7.40. The van der Waals surface area contributed by atoms with E-state index in [1.165, 1.54) is 18.2 Å². The third-order valence-electron chi connectivity index (χ3n) is 4.05. The van der Waals surface area contributed by atoms with Gasteiger partial charge in [0, 0.05) is 13.1 Å². The van der Waals surface area contributed by atoms with E-state index in [2.05, 4.69) is 24.0 Å². The van der Waals surface area contributed by atoms with Crippen molar-refractivity contribution in [2.75, 3.05) is 18.8 Å². The van der Waals surface area contributed by atoms with Crippen LogP contribution in [-0.2, 0) is 4.79 Å². The summed E-state index contributed by atoms with van der Waals surface area (Å²) in [6.07, 6.45) is 1.18. The number of benzene rings is 1. The summed E-state index contributed by atoms with van der Waals surface area (Å²) in [7, 11) is 0. The number of carbonyl (C=O) groups excluding carboxylic acids is 1. The maximum atomic E-state index is 12.4. The predicted molar refractivity (Wildman–Crippen MR) is 95.0 cm³/mol. The average Bonchev–Trinajstić information content (AvgIpc) is 3.01. The van der Waals surface area contributed by atoms with Crippen LogP contribution in [0, 0.1) is 11.8 Å². The van der Waals surface area contributed by atoms with E-state index in [-0.39, 0.29) is 5.91 Å². The van der Waals surface area contributed by atoms with Crippen LogP contribution in [-0.4, -0.2) is 39.8 Å². The maximum absolute atomic E-state index is 12.4. The van der Waals surface area contributed by atoms with Gasteiger partial charge in [0.05, 0.1) is 16.3 Å². The zero-order chi connectivity index (χ0) is 17.1. The van der Waals surface area contributed by atoms with E-state index in [0.29, 0.717) is 39.3 Å². The van der Waals surface area contributed by atoms with Gasteiger partial charge in [-0.2, -0.15) is 0 Å². The molecule has 1 saturated heterocycles. The molecule has 0 radical (unpaired) electrons. The van der Waals surface area contributed by atoms with E-state index in [4.69, 9.17) is 16.0 Å². The average molecular weight is 366 g/mol. The van der Waals surface area contributed by atoms with Crippen LogP contribution in [0.1, 0.15) is 20.3 Å². The molecule has 24 heavy (non-hydrogen) atoms. The minimum Gasteiger partial charge on any atom is -0.411 e. The number of nitrogens with zero attached hydrogens (tertiary/aromatic N) is 3. The van der Waals surface area contributed by atoms with Crippen LogP contribution >= 0.6 is 23.4 Å². The zero-order valence-electron chi connectivity index (χ0n) is 13.7. The second-order valence-electron chi connectivity index (χ2n) is 6.39. The largest absolute Gasteiger partial charge is 0.411 e. The van der Waals surface area contributed by atoms with Crippen molar-refractivity contribution in [1.82, 2.24) is 15.1 Å². The van der Waals surface area contributed by atoms with Crippen molar-refractivity contribution in [3.05, 3.63) is 29.3 Å². The van der Waals surface area contributed by atoms with Crippen molar-refractivity contribution in [3.8, 4) is 11.5 Å². The fourth-order valence-electron chi connectivity index (χ4n) is 3.09. The van der Waals surface area contributed by atoms with Crippen LogP contribution < -0.4 is 0 Å². The number of amides is 1. The predicted octanol–water partition coefficient (Wildman–Crippen LogP) is 3.99. The highest BCUT2D eigenvalue weighted by Gasteiger charge is 2.25. The van der Waals surface area contributed by atoms with Gasteiger partial charge in [-0.25, -0.2) is 0 Å². The summed E-state index contributed by atoms with van der Waals surface area (Å²) < 4.78 is 5.62. The van der Waals surface area contributed by atoms with Gasteiger partial charge >= 0.3 is 0 Å². The molecular formula is C17H20ClN3O2S. The quantitative estimate of drug-likeness (QED) is 0.767. The highest BCUT2D eigenvalue weighted by atomic mass is 35.5. The number of piperidine rings is 1. The first-order valence-corrected chi connectivity index (χ1v) is 9.38. The lowest BCUT2D eigenvalue weighted by atomic mass is 9.92. The third-order valence-corrected chi connectivity index (χ3v) is 5.18. The lowest BCUT2D eigenvalue weighted by Crippen LogP contribution is -2.43. The van der Waals surface area contributed by atoms with Gasteiger partial charge < -0.3 is 9.32 Å². The Hall–Kier alpha value is -1.53. The van der Waals surface area contributed by atoms with Crippen LogP contribution in [0.3, 0.4) is 0 Å². The Kier molecular flexibility index (Phi) is 5.46. The molecule has 1 fully saturated rings. The molecule has 1 amide bonds. The molecule has 0 saturated carbocycles. The molecule has 0 N–H and O–H groups in total. The van der Waals surface area contributed by atoms with Crippen LogP contribution in [0.15, 0.2) is 33.9 Å². The molecule has 0 aliphatic carbocycles. The molecule has 1 aromatic carbocycles. The number of carbonyl (C=O) groups is 1. The van der Waals surface area contributed by atoms with E-state index in [9.17, 15) is 4.79 Å². The van der Waals surface area contributed by atoms with Crippen molar-refractivity contribution in [1.29, 1.82) is 0 Å². The number of aromatic nitrogens is 2. The SMILES string of the molecule is C[C@H]1C[C@H](C)CN(C(=O)CSc2nnc(-c3ccccc3Cl)o2)C1. The Balaban J connectivity index is 1.59. The van der Waals surface area contributed by atoms with Crippen LogP contribution in [0.5, 0.6) is 0 Å². The van der Waals surface area contributed by atoms with Crippen LogP contribution in [0.4, 0.5) is 0 Å². The second-order valence-corrected chi connectivity index (χ2v) is 7.72. The molecule has 2 atom stereocenters. The van der Waals surface area contributed by atoms with E-state index in [1.54, 1.807) is 6.07 Å². The minimum absolute atomic E-state index is 0.121. The van der Waals surface area contributed by atoms with E-state index < -0.39 is 0 Å². The summed E-state index contributed by atoms with van der Waals surface area (Å²) in [6, 6.07) is 7.31. The standard InChI is InChI=1S/C17H20ClN3O2S/c1-11-7-12(2)9-21(8-11)15(22)10-24-17-20-19-16(23-17)13-5-3-4-6-14(13)18/h3-6,11-12H,7-10H2,1-2H3/t11-,12-/m0/s1. The molecule has 1 aliphatic heterocycles. The molecule has 1 aliphatic rings. The van der Waals surface area contributed by atoms with Crippen molar-refractivity contribution in [2.45, 2.75) is 25.5 Å². The molecule has 0 unspecified atom stereocenters. The topological polar surface area (TPSA) is 59.2 Å². The first-order valence-electron chi connectivity index (χ1n) is 8.02. The number of hydrogen-bond acceptors (Lipinski definition) is 5. The Bertz CT molecular complexity index is 711. The van der Waals surface area contributed by atoms with Crippen molar-refractivity contribution in [3.63, 3.8) is 0 Å². The molecule has 5 nitrogen and oxygen atoms in total. The highest BCUT2D eigenvalue weighted by molar-refractivity contribution is 7.99. The number of thioether (sulfide) groups is 1. The van der Waals surface area contributed by atoms with E-state index in [1.807, 2.05) is 23.1 Å². The molecule has 128 valence electrons. The summed E-state index contributed by atoms with van der Waals surface area (Å²) in [5.74, 6) is 1.91. The Labute approximate surface area is 150 Å². The van der Waals surface area contributed by atoms with Crippen LogP contribution in [0.25, 0.3) is 11.5 Å². The molecular weight excluding hydrogens is 346 g/mol. The van der Waals surface area contributed by atoms with Gasteiger partial charge in [-0.05, 0) is 30.4 Å². The van der Waals surface area contributed by atoms with Gasteiger partial charge in [0.1, 0.15) is 0 Å². The fraction of sp³-hybridized carbons (Fsp3) is 0.471. The van der Waals surface area contributed by atoms with Gasteiger partial charge in [-0.1, -0.05) is 49.3 Å². The number of rotatable bonds is 4. The van der Waals surface area contributed by atoms with Gasteiger partial charge in [0.25, 0.3) is 5.22 Å². The summed E-state index contributed by atoms with van der Waals surface area (Å²) in [6.45, 7) is 6.05. The van der Waals surface area contributed by atoms with E-state index >= 15 is 0 Å². The molecule has 1 aromatic heterocycles. The lowest BCUT2D eigenvalue weighted by molar-refractivity contribution is -0.130. The maximum Gasteiger partial charge on any atom is 0.277 e. The monoisotopic (exact) mass is 365 g/mol. The Morgan fingerprint density at radius 2 is 2.00 bits per heavy atom. The lowest BCUT2D eigenvalue weighted by Gasteiger charge is -2.34. The first kappa shape index (κ1) is 17.3. The van der Waals surface area contributed by atoms with Gasteiger partial charge in [-0.3, -0.25) is 4.79 Å². The summed E-state index contributed by atoms with van der Waals surface area (Å²) in [5.41, 5.74) is 0.698. The number of likely N-dealkylation sites (tertiary alicyclic amines) is 1. The Morgan fingerprint density at radius 3 is 2.71 bits per heavy atom. The highest BCUT2D eigenvalue weighted by Crippen LogP contribution is 2.29. The van der Waals surface area contributed by atoms with Gasteiger partial charge in [-0.15, -0.1) is 10.2 Å². The fourth-order valence-corrected chi connectivity index (χ4v) is 3.98. The van der Waals surface area contributed by atoms with Gasteiger partial charge in [0.2, 0.25) is 11.8 Å². The minimum atomic E-state index is 0.121. The third kappa shape index (κ3) is 4.11. The molecule has 2 heterocycles. The molecule has 0 bridgehead atoms. The Morgan fingerprint density at radius 1 is 1.29 bits per heavy atom. The second kappa shape index (κ2) is 7.57. The summed E-state index contributed by atoms with van der Waals surface area (Å²) in [5, 5.41) is 8.96. The molecule has 3 rings (SSSR count).